The summed E-state index contributed by atoms with van der Waals surface area (Å²) in [5.74, 6) is 1.80. The van der Waals surface area contributed by atoms with Crippen LogP contribution in [0.4, 0.5) is 11.4 Å². The van der Waals surface area contributed by atoms with Gasteiger partial charge in [0.05, 0.1) is 31.7 Å². The Morgan fingerprint density at radius 1 is 1.06 bits per heavy atom. The van der Waals surface area contributed by atoms with Crippen molar-refractivity contribution in [1.29, 1.82) is 0 Å². The molecule has 6 rings (SSSR count). The van der Waals surface area contributed by atoms with E-state index in [1.165, 1.54) is 16.2 Å². The summed E-state index contributed by atoms with van der Waals surface area (Å²) >= 11 is 2.16. The maximum atomic E-state index is 13.1. The number of nitrogens with one attached hydrogen (secondary N) is 1. The second kappa shape index (κ2) is 17.0. The molecule has 0 aliphatic carbocycles. The van der Waals surface area contributed by atoms with Crippen molar-refractivity contribution in [2.75, 3.05) is 48.8 Å². The van der Waals surface area contributed by atoms with E-state index in [9.17, 15) is 13.8 Å². The van der Waals surface area contributed by atoms with Crippen LogP contribution in [0.5, 0.6) is 17.2 Å². The van der Waals surface area contributed by atoms with Crippen LogP contribution in [0.1, 0.15) is 30.3 Å². The van der Waals surface area contributed by atoms with Gasteiger partial charge >= 0.3 is 5.97 Å². The Hall–Kier alpha value is -4.06. The summed E-state index contributed by atoms with van der Waals surface area (Å²) in [4.78, 5) is 31.2. The Balaban J connectivity index is 1.10. The number of hydrogen-bond donors (Lipinski definition) is 1. The summed E-state index contributed by atoms with van der Waals surface area (Å²) in [7, 11) is 3.26. The van der Waals surface area contributed by atoms with Gasteiger partial charge in [0.1, 0.15) is 46.1 Å². The van der Waals surface area contributed by atoms with Crippen LogP contribution in [0, 0.1) is 0 Å². The number of carbonyl (C=O) groups is 1. The van der Waals surface area contributed by atoms with E-state index in [1.807, 2.05) is 71.7 Å². The van der Waals surface area contributed by atoms with Crippen LogP contribution in [0.3, 0.4) is 0 Å². The Bertz CT molecular complexity index is 2080. The van der Waals surface area contributed by atoms with Crippen LogP contribution in [-0.2, 0) is 27.5 Å². The molecule has 12 nitrogen and oxygen atoms in total. The topological polar surface area (TPSA) is 126 Å². The first kappa shape index (κ1) is 36.7. The minimum absolute atomic E-state index is 0.104. The van der Waals surface area contributed by atoms with Crippen molar-refractivity contribution in [3.8, 4) is 28.4 Å². The molecule has 1 N–H and O–H groups in total. The Morgan fingerprint density at radius 3 is 2.59 bits per heavy atom. The average molecular weight is 844 g/mol. The maximum absolute atomic E-state index is 13.1. The normalized spacial score (nSPS) is 14.0. The van der Waals surface area contributed by atoms with Gasteiger partial charge in [-0.05, 0) is 61.4 Å². The first-order valence-corrected chi connectivity index (χ1v) is 21.0. The molecule has 0 saturated carbocycles. The number of aryl methyl sites for hydroxylation is 1. The SMILES string of the molecule is CCS(=O)Nc1ccc(Oc2cccc(OCCOC3CCN(c4ccc(C(=O)OC)nc4)CC3)c2)c(-c2cn(C)c(=O)c3c2ccn3SI)c1. The Labute approximate surface area is 314 Å². The van der Waals surface area contributed by atoms with E-state index in [0.29, 0.717) is 53.1 Å². The highest BCUT2D eigenvalue weighted by molar-refractivity contribution is 14.2. The van der Waals surface area contributed by atoms with Crippen LogP contribution >= 0.6 is 30.3 Å². The van der Waals surface area contributed by atoms with Crippen LogP contribution in [0.25, 0.3) is 22.0 Å². The van der Waals surface area contributed by atoms with Crippen molar-refractivity contribution >= 4 is 69.6 Å². The van der Waals surface area contributed by atoms with E-state index < -0.39 is 17.0 Å². The lowest BCUT2D eigenvalue weighted by Crippen LogP contribution is -2.37. The second-order valence-electron chi connectivity index (χ2n) is 11.8. The van der Waals surface area contributed by atoms with E-state index >= 15 is 0 Å². The summed E-state index contributed by atoms with van der Waals surface area (Å²) in [6.45, 7) is 4.33. The highest BCUT2D eigenvalue weighted by Crippen LogP contribution is 2.40. The maximum Gasteiger partial charge on any atom is 0.356 e. The molecule has 3 aromatic heterocycles. The summed E-state index contributed by atoms with van der Waals surface area (Å²) in [6, 6.07) is 18.5. The summed E-state index contributed by atoms with van der Waals surface area (Å²) in [6.07, 6.45) is 7.26. The first-order valence-electron chi connectivity index (χ1n) is 16.4. The third-order valence-corrected chi connectivity index (χ3v) is 11.2. The predicted molar refractivity (Wildman–Crippen MR) is 211 cm³/mol. The van der Waals surface area contributed by atoms with Crippen molar-refractivity contribution in [3.05, 3.63) is 95.3 Å². The van der Waals surface area contributed by atoms with Crippen molar-refractivity contribution in [1.82, 2.24) is 13.5 Å². The number of hydrogen-bond acceptors (Lipinski definition) is 10. The van der Waals surface area contributed by atoms with Gasteiger partial charge in [-0.1, -0.05) is 13.0 Å². The van der Waals surface area contributed by atoms with Crippen molar-refractivity contribution in [3.63, 3.8) is 0 Å². The quantitative estimate of drug-likeness (QED) is 0.0711. The summed E-state index contributed by atoms with van der Waals surface area (Å²) in [5.41, 5.74) is 3.95. The zero-order valence-corrected chi connectivity index (χ0v) is 32.2. The molecule has 1 atom stereocenters. The van der Waals surface area contributed by atoms with Crippen molar-refractivity contribution < 1.29 is 28.0 Å². The van der Waals surface area contributed by atoms with Gasteiger partial charge in [0.2, 0.25) is 0 Å². The van der Waals surface area contributed by atoms with Gasteiger partial charge in [0.15, 0.2) is 0 Å². The third kappa shape index (κ3) is 8.71. The first-order chi connectivity index (χ1) is 24.8. The number of halogens is 1. The Kier molecular flexibility index (Phi) is 12.2. The number of piperidine rings is 1. The Morgan fingerprint density at radius 2 is 1.86 bits per heavy atom. The van der Waals surface area contributed by atoms with Crippen LogP contribution in [0.2, 0.25) is 0 Å². The summed E-state index contributed by atoms with van der Waals surface area (Å²) in [5, 5.41) is 0.787. The molecule has 51 heavy (non-hydrogen) atoms. The summed E-state index contributed by atoms with van der Waals surface area (Å²) < 4.78 is 42.2. The lowest BCUT2D eigenvalue weighted by atomic mass is 10.0. The van der Waals surface area contributed by atoms with Gasteiger partial charge in [-0.3, -0.25) is 8.77 Å². The van der Waals surface area contributed by atoms with Crippen LogP contribution in [0.15, 0.2) is 84.0 Å². The molecule has 0 amide bonds. The molecule has 15 heteroatoms. The molecule has 0 bridgehead atoms. The number of fused-ring (bicyclic) bond motifs is 1. The van der Waals surface area contributed by atoms with Gasteiger partial charge < -0.3 is 33.1 Å². The van der Waals surface area contributed by atoms with Crippen molar-refractivity contribution in [2.24, 2.45) is 7.05 Å². The van der Waals surface area contributed by atoms with Gasteiger partial charge in [-0.25, -0.2) is 14.0 Å². The molecule has 1 saturated heterocycles. The monoisotopic (exact) mass is 843 g/mol. The smallest absolute Gasteiger partial charge is 0.356 e. The molecule has 1 aliphatic heterocycles. The van der Waals surface area contributed by atoms with E-state index in [1.54, 1.807) is 30.1 Å². The van der Waals surface area contributed by atoms with Crippen molar-refractivity contribution in [2.45, 2.75) is 25.9 Å². The van der Waals surface area contributed by atoms with E-state index in [2.05, 4.69) is 35.8 Å². The third-order valence-electron chi connectivity index (χ3n) is 8.51. The number of rotatable bonds is 14. The molecule has 5 aromatic rings. The van der Waals surface area contributed by atoms with Gasteiger partial charge in [0.25, 0.3) is 5.56 Å². The number of nitrogens with zero attached hydrogens (tertiary/aromatic N) is 4. The van der Waals surface area contributed by atoms with Crippen LogP contribution < -0.4 is 24.7 Å². The number of methoxy groups -OCH3 is 1. The fraction of sp³-hybridized carbons (Fsp3) is 0.306. The number of ether oxygens (including phenoxy) is 4. The number of pyridine rings is 2. The number of aromatic nitrogens is 3. The second-order valence-corrected chi connectivity index (χ2v) is 14.9. The fourth-order valence-corrected chi connectivity index (χ4v) is 7.78. The lowest BCUT2D eigenvalue weighted by Gasteiger charge is -2.33. The van der Waals surface area contributed by atoms with Gasteiger partial charge in [-0.15, -0.1) is 0 Å². The average Bonchev–Trinajstić information content (AvgIpc) is 3.60. The molecule has 1 unspecified atom stereocenters. The van der Waals surface area contributed by atoms with E-state index in [-0.39, 0.29) is 11.7 Å². The molecule has 268 valence electrons. The molecule has 0 spiro atoms. The minimum Gasteiger partial charge on any atom is -0.491 e. The minimum atomic E-state index is -1.24. The molecule has 2 aromatic carbocycles. The molecule has 1 fully saturated rings. The number of anilines is 2. The molecular formula is C36H38IN5O7S2. The zero-order valence-electron chi connectivity index (χ0n) is 28.4. The standard InChI is InChI=1S/C36H38IN5O7S2/c1-4-51(45)39-24-8-11-33(30(20-24)31-23-40(2)35(43)34-29(31)14-17-42(34)50-37)49-28-7-5-6-27(21-28)48-19-18-47-26-12-15-41(16-13-26)25-9-10-32(38-22-25)36(44)46-3/h5-11,14,17,20-23,26,39H,4,12-13,15-16,18-19H2,1-3H3. The highest BCUT2D eigenvalue weighted by atomic mass is 127. The van der Waals surface area contributed by atoms with E-state index in [4.69, 9.17) is 18.9 Å². The lowest BCUT2D eigenvalue weighted by molar-refractivity contribution is 0.0202. The molecule has 4 heterocycles. The highest BCUT2D eigenvalue weighted by Gasteiger charge is 2.21. The van der Waals surface area contributed by atoms with Gasteiger partial charge in [-0.2, -0.15) is 0 Å². The number of carbonyl (C=O) groups excluding carboxylic acids is 1. The predicted octanol–water partition coefficient (Wildman–Crippen LogP) is 6.99. The largest absolute Gasteiger partial charge is 0.491 e. The number of benzene rings is 2. The molecular weight excluding hydrogens is 805 g/mol. The zero-order chi connectivity index (χ0) is 35.9. The number of esters is 1. The van der Waals surface area contributed by atoms with Crippen LogP contribution in [-0.4, -0.2) is 69.0 Å². The molecule has 0 radical (unpaired) electrons. The fourth-order valence-electron chi connectivity index (χ4n) is 5.91. The molecule has 1 aliphatic rings. The van der Waals surface area contributed by atoms with E-state index in [0.717, 1.165) is 48.1 Å². The van der Waals surface area contributed by atoms with Gasteiger partial charge in [0, 0.05) is 96.9 Å².